The Balaban J connectivity index is 0.799. The Morgan fingerprint density at radius 2 is 1.60 bits per heavy atom. The summed E-state index contributed by atoms with van der Waals surface area (Å²) in [5.74, 6) is -0.472. The van der Waals surface area contributed by atoms with Crippen molar-refractivity contribution < 1.29 is 28.3 Å². The highest BCUT2D eigenvalue weighted by molar-refractivity contribution is 6.35. The van der Waals surface area contributed by atoms with E-state index < -0.39 is 17.9 Å². The average molecular weight is 946 g/mol. The van der Waals surface area contributed by atoms with Crippen molar-refractivity contribution in [1.82, 2.24) is 29.1 Å². The van der Waals surface area contributed by atoms with E-state index in [1.54, 1.807) is 52.4 Å². The number of nitrogens with zero attached hydrogens (tertiary/aromatic N) is 9. The number of esters is 1. The van der Waals surface area contributed by atoms with Gasteiger partial charge in [-0.1, -0.05) is 36.2 Å². The summed E-state index contributed by atoms with van der Waals surface area (Å²) in [6, 6.07) is 28.9. The highest BCUT2D eigenvalue weighted by atomic mass is 35.5. The van der Waals surface area contributed by atoms with Crippen LogP contribution in [0.3, 0.4) is 0 Å². The summed E-state index contributed by atoms with van der Waals surface area (Å²) >= 11 is 13.1. The van der Waals surface area contributed by atoms with E-state index in [0.717, 1.165) is 72.1 Å². The van der Waals surface area contributed by atoms with Crippen LogP contribution in [0.15, 0.2) is 127 Å². The maximum absolute atomic E-state index is 12.9. The zero-order valence-electron chi connectivity index (χ0n) is 37.8. The quantitative estimate of drug-likeness (QED) is 0.0568. The molecule has 15 nitrogen and oxygen atoms in total. The van der Waals surface area contributed by atoms with Gasteiger partial charge in [-0.05, 0) is 129 Å². The van der Waals surface area contributed by atoms with Crippen molar-refractivity contribution in [2.45, 2.75) is 65.1 Å². The molecule has 67 heavy (non-hydrogen) atoms. The van der Waals surface area contributed by atoms with Gasteiger partial charge in [0, 0.05) is 65.6 Å². The number of hydrogen-bond donors (Lipinski definition) is 0. The van der Waals surface area contributed by atoms with E-state index in [2.05, 4.69) is 49.2 Å². The third-order valence-electron chi connectivity index (χ3n) is 12.3. The van der Waals surface area contributed by atoms with Crippen molar-refractivity contribution in [3.63, 3.8) is 0 Å². The second-order valence-electron chi connectivity index (χ2n) is 17.0. The number of piperazine rings is 1. The Kier molecular flexibility index (Phi) is 13.5. The minimum atomic E-state index is -1.27. The SMILES string of the molecule is CCC(C)n1ncn(-c2ccc(N3CCN(c4ccc(OCC5COC(Cn6c[n+](Cc7cc(C)c(OC(=O)c8cccnc8)c(C)c7)cn6)(c6ccc(Cl)cc6Cl)O5)cc4)CC3)cc2)c1=O. The van der Waals surface area contributed by atoms with Crippen molar-refractivity contribution in [2.75, 3.05) is 49.2 Å². The topological polar surface area (TPSA) is 135 Å². The fourth-order valence-corrected chi connectivity index (χ4v) is 9.14. The van der Waals surface area contributed by atoms with Gasteiger partial charge < -0.3 is 28.7 Å². The minimum absolute atomic E-state index is 0.0494. The van der Waals surface area contributed by atoms with Crippen LogP contribution in [-0.4, -0.2) is 80.6 Å². The van der Waals surface area contributed by atoms with Crippen LogP contribution in [0.4, 0.5) is 11.4 Å². The molecular formula is C50H52Cl2N9O6+. The van der Waals surface area contributed by atoms with Gasteiger partial charge in [0.15, 0.2) is 6.54 Å². The predicted molar refractivity (Wildman–Crippen MR) is 255 cm³/mol. The van der Waals surface area contributed by atoms with E-state index in [4.69, 9.17) is 42.1 Å². The third kappa shape index (κ3) is 10.1. The molecule has 346 valence electrons. The number of benzene rings is 4. The number of hydrogen-bond acceptors (Lipinski definition) is 11. The maximum atomic E-state index is 12.9. The Morgan fingerprint density at radius 1 is 0.910 bits per heavy atom. The average Bonchev–Trinajstić information content (AvgIpc) is 4.08. The van der Waals surface area contributed by atoms with Crippen molar-refractivity contribution in [1.29, 1.82) is 0 Å². The van der Waals surface area contributed by atoms with E-state index >= 15 is 0 Å². The van der Waals surface area contributed by atoms with Gasteiger partial charge in [0.1, 0.15) is 30.5 Å². The standard InChI is InChI=1S/C50H52Cl2N9O6/c1-5-36(4)61-49(63)60(32-55-61)42-11-9-40(10-12-42)57-19-21-58(22-20-57)41-13-15-43(16-14-41)64-28-44-29-65-50(67-44,45-17-8-39(51)25-46(45)52)30-59-33-56(31-54-59)27-37-23-34(2)47(35(3)24-37)66-48(62)38-7-6-18-53-26-38/h6-18,23-26,31-33,36,44H,5,19-22,27-30H2,1-4H3/q+1. The molecule has 3 atom stereocenters. The number of anilines is 2. The second-order valence-corrected chi connectivity index (χ2v) is 17.9. The first kappa shape index (κ1) is 45.6. The number of ether oxygens (including phenoxy) is 4. The number of aromatic nitrogens is 7. The fourth-order valence-electron chi connectivity index (χ4n) is 8.59. The molecule has 3 aromatic heterocycles. The van der Waals surface area contributed by atoms with Gasteiger partial charge in [-0.25, -0.2) is 23.4 Å². The molecule has 0 radical (unpaired) electrons. The number of aryl methyl sites for hydroxylation is 2. The lowest BCUT2D eigenvalue weighted by molar-refractivity contribution is -0.689. The summed E-state index contributed by atoms with van der Waals surface area (Å²) in [5.41, 5.74) is 6.63. The first-order valence-corrected chi connectivity index (χ1v) is 23.1. The summed E-state index contributed by atoms with van der Waals surface area (Å²) in [6.45, 7) is 12.6. The zero-order chi connectivity index (χ0) is 46.7. The summed E-state index contributed by atoms with van der Waals surface area (Å²) in [5, 5.41) is 9.89. The van der Waals surface area contributed by atoms with Crippen molar-refractivity contribution in [2.24, 2.45) is 0 Å². The molecule has 0 N–H and O–H groups in total. The maximum Gasteiger partial charge on any atom is 0.350 e. The third-order valence-corrected chi connectivity index (χ3v) is 12.8. The molecule has 2 saturated heterocycles. The fraction of sp³-hybridized carbons (Fsp3) is 0.320. The first-order chi connectivity index (χ1) is 32.4. The highest BCUT2D eigenvalue weighted by Crippen LogP contribution is 2.40. The van der Waals surface area contributed by atoms with Crippen molar-refractivity contribution >= 4 is 40.5 Å². The lowest BCUT2D eigenvalue weighted by atomic mass is 10.1. The van der Waals surface area contributed by atoms with Gasteiger partial charge in [0.2, 0.25) is 12.1 Å². The molecule has 2 aliphatic heterocycles. The minimum Gasteiger partial charge on any atom is -0.491 e. The number of pyridine rings is 1. The van der Waals surface area contributed by atoms with Crippen LogP contribution >= 0.6 is 23.2 Å². The number of carbonyl (C=O) groups excluding carboxylic acids is 1. The predicted octanol–water partition coefficient (Wildman–Crippen LogP) is 7.75. The molecule has 0 amide bonds. The van der Waals surface area contributed by atoms with E-state index in [1.807, 2.05) is 81.1 Å². The molecular weight excluding hydrogens is 894 g/mol. The zero-order valence-corrected chi connectivity index (χ0v) is 39.3. The molecule has 5 heterocycles. The number of halogens is 2. The van der Waals surface area contributed by atoms with Gasteiger partial charge in [0.05, 0.1) is 35.5 Å². The van der Waals surface area contributed by atoms with Crippen molar-refractivity contribution in [3.05, 3.63) is 171 Å². The molecule has 0 saturated carbocycles. The van der Waals surface area contributed by atoms with Gasteiger partial charge >= 0.3 is 11.7 Å². The normalized spacial score (nSPS) is 17.7. The molecule has 2 aliphatic rings. The molecule has 0 spiro atoms. The van der Waals surface area contributed by atoms with Crippen LogP contribution in [0, 0.1) is 13.8 Å². The summed E-state index contributed by atoms with van der Waals surface area (Å²) in [7, 11) is 0. The van der Waals surface area contributed by atoms with E-state index in [0.29, 0.717) is 33.5 Å². The number of rotatable bonds is 15. The molecule has 4 aromatic carbocycles. The highest BCUT2D eigenvalue weighted by Gasteiger charge is 2.47. The number of carbonyl (C=O) groups is 1. The summed E-state index contributed by atoms with van der Waals surface area (Å²) in [6.07, 6.45) is 8.76. The molecule has 2 fully saturated rings. The smallest absolute Gasteiger partial charge is 0.350 e. The van der Waals surface area contributed by atoms with Crippen LogP contribution in [0.1, 0.15) is 58.9 Å². The lowest BCUT2D eigenvalue weighted by Gasteiger charge is -2.37. The first-order valence-electron chi connectivity index (χ1n) is 22.4. The van der Waals surface area contributed by atoms with E-state index in [9.17, 15) is 9.59 Å². The van der Waals surface area contributed by atoms with Crippen LogP contribution < -0.4 is 29.5 Å². The lowest BCUT2D eigenvalue weighted by Crippen LogP contribution is -2.46. The molecule has 7 aromatic rings. The summed E-state index contributed by atoms with van der Waals surface area (Å²) in [4.78, 5) is 34.4. The Hall–Kier alpha value is -6.52. The largest absolute Gasteiger partial charge is 0.491 e. The van der Waals surface area contributed by atoms with Gasteiger partial charge in [-0.2, -0.15) is 5.10 Å². The van der Waals surface area contributed by atoms with Crippen molar-refractivity contribution in [3.8, 4) is 17.2 Å². The molecule has 3 unspecified atom stereocenters. The second kappa shape index (κ2) is 19.8. The Labute approximate surface area is 398 Å². The van der Waals surface area contributed by atoms with Gasteiger partial charge in [-0.3, -0.25) is 4.98 Å². The molecule has 9 rings (SSSR count). The van der Waals surface area contributed by atoms with Gasteiger partial charge in [0.25, 0.3) is 6.33 Å². The van der Waals surface area contributed by atoms with E-state index in [1.165, 1.54) is 10.9 Å². The Morgan fingerprint density at radius 3 is 2.25 bits per heavy atom. The van der Waals surface area contributed by atoms with Crippen LogP contribution in [0.25, 0.3) is 5.69 Å². The molecule has 0 bridgehead atoms. The van der Waals surface area contributed by atoms with Gasteiger partial charge in [-0.15, -0.1) is 4.68 Å². The molecule has 0 aliphatic carbocycles. The van der Waals surface area contributed by atoms with Crippen LogP contribution in [0.2, 0.25) is 10.0 Å². The molecule has 17 heteroatoms. The summed E-state index contributed by atoms with van der Waals surface area (Å²) < 4.78 is 32.1. The van der Waals surface area contributed by atoms with Crippen LogP contribution in [0.5, 0.6) is 11.5 Å². The van der Waals surface area contributed by atoms with E-state index in [-0.39, 0.29) is 31.5 Å². The monoisotopic (exact) mass is 944 g/mol. The van der Waals surface area contributed by atoms with Crippen LogP contribution in [-0.2, 0) is 28.4 Å². The Bertz CT molecular complexity index is 2880.